The molecule has 2 aromatic rings. The topological polar surface area (TPSA) is 45.7 Å². The van der Waals surface area contributed by atoms with Gasteiger partial charge in [-0.25, -0.2) is 4.98 Å². The van der Waals surface area contributed by atoms with E-state index in [4.69, 9.17) is 21.3 Å². The average Bonchev–Trinajstić information content (AvgIpc) is 3.13. The number of carbonyl (C=O) groups excluding carboxylic acids is 1. The molecular weight excluding hydrogens is 453 g/mol. The Morgan fingerprint density at radius 3 is 2.32 bits per heavy atom. The Balaban J connectivity index is 0.00000231. The lowest BCUT2D eigenvalue weighted by Crippen LogP contribution is -2.55. The molecule has 1 aromatic carbocycles. The average molecular weight is 484 g/mol. The minimum atomic E-state index is -0.188. The SMILES string of the molecule is COc1ccc(Cl)c2sc(N(CCN(C)C)C(=O)C34CC5CC(CC(C5)C3)C4)nc12.Cl. The van der Waals surface area contributed by atoms with Gasteiger partial charge >= 0.3 is 0 Å². The Morgan fingerprint density at radius 2 is 1.77 bits per heavy atom. The number of likely N-dealkylation sites (N-methyl/N-ethyl adjacent to an activating group) is 1. The fourth-order valence-corrected chi connectivity index (χ4v) is 7.74. The minimum Gasteiger partial charge on any atom is -0.494 e. The van der Waals surface area contributed by atoms with E-state index in [1.807, 2.05) is 31.1 Å². The lowest BCUT2D eigenvalue weighted by molar-refractivity contribution is -0.143. The number of hydrogen-bond acceptors (Lipinski definition) is 5. The van der Waals surface area contributed by atoms with Crippen molar-refractivity contribution >= 4 is 56.6 Å². The molecule has 8 heteroatoms. The standard InChI is InChI=1S/C23H30ClN3O2S.ClH/c1-26(2)6-7-27(22-25-19-18(29-3)5-4-17(24)20(19)30-22)21(28)23-11-14-8-15(12-23)10-16(9-14)13-23;/h4-5,14-16H,6-13H2,1-3H3;1H. The van der Waals surface area contributed by atoms with Crippen LogP contribution in [0.4, 0.5) is 5.13 Å². The van der Waals surface area contributed by atoms with Crippen molar-refractivity contribution in [2.24, 2.45) is 23.2 Å². The van der Waals surface area contributed by atoms with E-state index in [9.17, 15) is 4.79 Å². The number of fused-ring (bicyclic) bond motifs is 1. The van der Waals surface area contributed by atoms with Gasteiger partial charge in [0.2, 0.25) is 5.91 Å². The maximum Gasteiger partial charge on any atom is 0.235 e. The van der Waals surface area contributed by atoms with Crippen molar-refractivity contribution in [1.82, 2.24) is 9.88 Å². The van der Waals surface area contributed by atoms with Gasteiger partial charge in [-0.1, -0.05) is 22.9 Å². The predicted molar refractivity (Wildman–Crippen MR) is 130 cm³/mol. The summed E-state index contributed by atoms with van der Waals surface area (Å²) in [6.07, 6.45) is 7.18. The van der Waals surface area contributed by atoms with Gasteiger partial charge in [-0.05, 0) is 82.5 Å². The molecule has 1 heterocycles. The molecule has 4 bridgehead atoms. The maximum atomic E-state index is 14.1. The fraction of sp³-hybridized carbons (Fsp3) is 0.652. The molecule has 4 saturated carbocycles. The van der Waals surface area contributed by atoms with E-state index < -0.39 is 0 Å². The summed E-state index contributed by atoms with van der Waals surface area (Å²) in [5.74, 6) is 3.20. The number of halogens is 2. The molecule has 31 heavy (non-hydrogen) atoms. The number of methoxy groups -OCH3 is 1. The number of rotatable bonds is 6. The Hall–Kier alpha value is -1.08. The molecule has 0 saturated heterocycles. The second kappa shape index (κ2) is 8.69. The summed E-state index contributed by atoms with van der Waals surface area (Å²) in [4.78, 5) is 23.1. The largest absolute Gasteiger partial charge is 0.494 e. The van der Waals surface area contributed by atoms with E-state index in [1.165, 1.54) is 30.6 Å². The number of thiazole rings is 1. The summed E-state index contributed by atoms with van der Waals surface area (Å²) in [6.45, 7) is 1.45. The van der Waals surface area contributed by atoms with Crippen LogP contribution in [0.25, 0.3) is 10.2 Å². The van der Waals surface area contributed by atoms with E-state index in [2.05, 4.69) is 4.90 Å². The van der Waals surface area contributed by atoms with Crippen LogP contribution in [0.3, 0.4) is 0 Å². The molecule has 0 radical (unpaired) electrons. The molecule has 1 aromatic heterocycles. The summed E-state index contributed by atoms with van der Waals surface area (Å²) >= 11 is 7.98. The molecular formula is C23H31Cl2N3O2S. The van der Waals surface area contributed by atoms with E-state index in [0.29, 0.717) is 17.3 Å². The highest BCUT2D eigenvalue weighted by atomic mass is 35.5. The van der Waals surface area contributed by atoms with Crippen molar-refractivity contribution in [2.45, 2.75) is 38.5 Å². The van der Waals surface area contributed by atoms with E-state index in [0.717, 1.165) is 58.9 Å². The number of carbonyl (C=O) groups is 1. The number of ether oxygens (including phenoxy) is 1. The molecule has 0 atom stereocenters. The zero-order chi connectivity index (χ0) is 21.0. The normalized spacial score (nSPS) is 28.7. The summed E-state index contributed by atoms with van der Waals surface area (Å²) < 4.78 is 6.40. The van der Waals surface area contributed by atoms with Gasteiger partial charge < -0.3 is 9.64 Å². The number of amides is 1. The van der Waals surface area contributed by atoms with Crippen molar-refractivity contribution in [1.29, 1.82) is 0 Å². The third-order valence-electron chi connectivity index (χ3n) is 7.41. The van der Waals surface area contributed by atoms with Crippen LogP contribution in [-0.2, 0) is 4.79 Å². The van der Waals surface area contributed by atoms with Crippen LogP contribution in [0, 0.1) is 23.2 Å². The van der Waals surface area contributed by atoms with E-state index in [1.54, 1.807) is 7.11 Å². The molecule has 5 nitrogen and oxygen atoms in total. The van der Waals surface area contributed by atoms with Gasteiger partial charge in [-0.2, -0.15) is 0 Å². The lowest BCUT2D eigenvalue weighted by atomic mass is 9.49. The van der Waals surface area contributed by atoms with Crippen LogP contribution in [0.5, 0.6) is 5.75 Å². The van der Waals surface area contributed by atoms with E-state index >= 15 is 0 Å². The van der Waals surface area contributed by atoms with Crippen molar-refractivity contribution in [2.75, 3.05) is 39.2 Å². The number of aromatic nitrogens is 1. The van der Waals surface area contributed by atoms with E-state index in [-0.39, 0.29) is 23.7 Å². The third kappa shape index (κ3) is 4.05. The van der Waals surface area contributed by atoms with Crippen LogP contribution >= 0.6 is 35.3 Å². The Morgan fingerprint density at radius 1 is 1.16 bits per heavy atom. The van der Waals surface area contributed by atoms with Crippen molar-refractivity contribution in [3.05, 3.63) is 17.2 Å². The first kappa shape index (κ1) is 23.1. The highest BCUT2D eigenvalue weighted by Gasteiger charge is 2.56. The van der Waals surface area contributed by atoms with Crippen molar-refractivity contribution in [3.63, 3.8) is 0 Å². The van der Waals surface area contributed by atoms with Crippen molar-refractivity contribution in [3.8, 4) is 5.75 Å². The summed E-state index contributed by atoms with van der Waals surface area (Å²) in [5.41, 5.74) is 0.561. The Labute approximate surface area is 199 Å². The second-order valence-corrected chi connectivity index (χ2v) is 11.3. The van der Waals surface area contributed by atoms with Crippen molar-refractivity contribution < 1.29 is 9.53 Å². The molecule has 0 unspecified atom stereocenters. The van der Waals surface area contributed by atoms with Gasteiger partial charge in [0.1, 0.15) is 11.3 Å². The molecule has 0 aliphatic heterocycles. The molecule has 0 spiro atoms. The highest BCUT2D eigenvalue weighted by Crippen LogP contribution is 2.60. The highest BCUT2D eigenvalue weighted by molar-refractivity contribution is 7.23. The van der Waals surface area contributed by atoms with Crippen LogP contribution in [0.2, 0.25) is 5.02 Å². The number of anilines is 1. The van der Waals surface area contributed by atoms with Gasteiger partial charge in [-0.15, -0.1) is 12.4 Å². The maximum absolute atomic E-state index is 14.1. The number of nitrogens with zero attached hydrogens (tertiary/aromatic N) is 3. The summed E-state index contributed by atoms with van der Waals surface area (Å²) in [6, 6.07) is 3.69. The molecule has 6 rings (SSSR count). The zero-order valence-electron chi connectivity index (χ0n) is 18.4. The third-order valence-corrected chi connectivity index (χ3v) is 8.94. The molecule has 170 valence electrons. The van der Waals surface area contributed by atoms with Gasteiger partial charge in [0.25, 0.3) is 0 Å². The molecule has 4 aliphatic carbocycles. The first-order chi connectivity index (χ1) is 14.4. The molecule has 1 amide bonds. The van der Waals surface area contributed by atoms with Crippen LogP contribution in [0.1, 0.15) is 38.5 Å². The minimum absolute atomic E-state index is 0. The zero-order valence-corrected chi connectivity index (χ0v) is 20.8. The van der Waals surface area contributed by atoms with Crippen LogP contribution in [-0.4, -0.2) is 50.1 Å². The van der Waals surface area contributed by atoms with Gasteiger partial charge in [0.15, 0.2) is 5.13 Å². The number of benzene rings is 1. The lowest BCUT2D eigenvalue weighted by Gasteiger charge is -2.56. The number of hydrogen-bond donors (Lipinski definition) is 0. The molecule has 4 fully saturated rings. The Bertz CT molecular complexity index is 942. The van der Waals surface area contributed by atoms with Gasteiger partial charge in [0, 0.05) is 13.1 Å². The first-order valence-electron chi connectivity index (χ1n) is 11.0. The summed E-state index contributed by atoms with van der Waals surface area (Å²) in [5, 5.41) is 1.41. The van der Waals surface area contributed by atoms with Crippen LogP contribution in [0.15, 0.2) is 12.1 Å². The molecule has 0 N–H and O–H groups in total. The van der Waals surface area contributed by atoms with Crippen LogP contribution < -0.4 is 9.64 Å². The predicted octanol–water partition coefficient (Wildman–Crippen LogP) is 5.49. The second-order valence-electron chi connectivity index (χ2n) is 9.88. The molecule has 4 aliphatic rings. The monoisotopic (exact) mass is 483 g/mol. The quantitative estimate of drug-likeness (QED) is 0.544. The van der Waals surface area contributed by atoms with Gasteiger partial charge in [0.05, 0.1) is 22.2 Å². The smallest absolute Gasteiger partial charge is 0.235 e. The van der Waals surface area contributed by atoms with Gasteiger partial charge in [-0.3, -0.25) is 9.69 Å². The fourth-order valence-electron chi connectivity index (χ4n) is 6.46. The first-order valence-corrected chi connectivity index (χ1v) is 12.2. The summed E-state index contributed by atoms with van der Waals surface area (Å²) in [7, 11) is 5.74. The Kier molecular flexibility index (Phi) is 6.48.